The number of aromatic amines is 1. The van der Waals surface area contributed by atoms with Crippen molar-refractivity contribution in [3.05, 3.63) is 5.82 Å². The van der Waals surface area contributed by atoms with E-state index in [0.29, 0.717) is 6.10 Å². The summed E-state index contributed by atoms with van der Waals surface area (Å²) in [6, 6.07) is 0. The van der Waals surface area contributed by atoms with Gasteiger partial charge in [0, 0.05) is 19.5 Å². The smallest absolute Gasteiger partial charge is 0.148 e. The molecule has 6 nitrogen and oxygen atoms in total. The highest BCUT2D eigenvalue weighted by Gasteiger charge is 2.13. The lowest BCUT2D eigenvalue weighted by Crippen LogP contribution is -2.38. The molecule has 0 saturated carbocycles. The Bertz CT molecular complexity index is 231. The summed E-state index contributed by atoms with van der Waals surface area (Å²) in [5.74, 6) is 0.828. The number of nitrogens with zero attached hydrogens (tertiary/aromatic N) is 3. The van der Waals surface area contributed by atoms with E-state index < -0.39 is 0 Å². The minimum absolute atomic E-state index is 0.304. The van der Waals surface area contributed by atoms with Crippen LogP contribution >= 0.6 is 0 Å². The van der Waals surface area contributed by atoms with E-state index in [0.717, 1.165) is 38.4 Å². The summed E-state index contributed by atoms with van der Waals surface area (Å²) in [7, 11) is 0. The van der Waals surface area contributed by atoms with E-state index in [1.807, 2.05) is 0 Å². The number of hydrogen-bond acceptors (Lipinski definition) is 5. The SMILES string of the molecule is C1CO[C@H](CCc2nnn[nH]2)CN1. The van der Waals surface area contributed by atoms with Gasteiger partial charge in [0.15, 0.2) is 0 Å². The average Bonchev–Trinajstić information content (AvgIpc) is 2.69. The Balaban J connectivity index is 1.72. The van der Waals surface area contributed by atoms with Crippen LogP contribution in [0.5, 0.6) is 0 Å². The molecule has 6 heteroatoms. The van der Waals surface area contributed by atoms with E-state index in [-0.39, 0.29) is 0 Å². The Hall–Kier alpha value is -1.01. The highest BCUT2D eigenvalue weighted by Crippen LogP contribution is 2.04. The van der Waals surface area contributed by atoms with Crippen molar-refractivity contribution in [3.8, 4) is 0 Å². The number of tetrazole rings is 1. The molecule has 2 rings (SSSR count). The van der Waals surface area contributed by atoms with E-state index in [9.17, 15) is 0 Å². The quantitative estimate of drug-likeness (QED) is 0.636. The Morgan fingerprint density at radius 2 is 2.54 bits per heavy atom. The highest BCUT2D eigenvalue weighted by atomic mass is 16.5. The zero-order chi connectivity index (χ0) is 8.93. The third-order valence-corrected chi connectivity index (χ3v) is 2.10. The number of H-pyrrole nitrogens is 1. The first-order valence-electron chi connectivity index (χ1n) is 4.50. The molecule has 13 heavy (non-hydrogen) atoms. The molecule has 2 N–H and O–H groups in total. The Labute approximate surface area is 76.1 Å². The zero-order valence-corrected chi connectivity index (χ0v) is 7.36. The molecule has 0 unspecified atom stereocenters. The summed E-state index contributed by atoms with van der Waals surface area (Å²) in [6.07, 6.45) is 2.11. The highest BCUT2D eigenvalue weighted by molar-refractivity contribution is 4.79. The second-order valence-electron chi connectivity index (χ2n) is 3.08. The van der Waals surface area contributed by atoms with Crippen LogP contribution in [-0.4, -0.2) is 46.4 Å². The summed E-state index contributed by atoms with van der Waals surface area (Å²) >= 11 is 0. The molecule has 1 aromatic heterocycles. The molecule has 0 spiro atoms. The molecular formula is C7H13N5O. The molecule has 0 amide bonds. The zero-order valence-electron chi connectivity index (χ0n) is 7.36. The first-order chi connectivity index (χ1) is 6.45. The lowest BCUT2D eigenvalue weighted by atomic mass is 10.2. The number of aryl methyl sites for hydroxylation is 1. The maximum absolute atomic E-state index is 5.53. The van der Waals surface area contributed by atoms with Gasteiger partial charge in [-0.2, -0.15) is 0 Å². The van der Waals surface area contributed by atoms with Gasteiger partial charge in [0.25, 0.3) is 0 Å². The van der Waals surface area contributed by atoms with Gasteiger partial charge in [-0.25, -0.2) is 5.10 Å². The fourth-order valence-corrected chi connectivity index (χ4v) is 1.39. The van der Waals surface area contributed by atoms with Gasteiger partial charge in [-0.1, -0.05) is 0 Å². The number of aromatic nitrogens is 4. The average molecular weight is 183 g/mol. The third kappa shape index (κ3) is 2.46. The molecule has 1 aromatic rings. The Morgan fingerprint density at radius 1 is 1.54 bits per heavy atom. The van der Waals surface area contributed by atoms with Crippen LogP contribution in [0.15, 0.2) is 0 Å². The first kappa shape index (κ1) is 8.58. The largest absolute Gasteiger partial charge is 0.376 e. The van der Waals surface area contributed by atoms with Gasteiger partial charge in [0.1, 0.15) is 5.82 Å². The molecular weight excluding hydrogens is 170 g/mol. The topological polar surface area (TPSA) is 75.7 Å². The molecule has 1 aliphatic rings. The van der Waals surface area contributed by atoms with Gasteiger partial charge in [0.2, 0.25) is 0 Å². The molecule has 1 aliphatic heterocycles. The van der Waals surface area contributed by atoms with Crippen LogP contribution in [0, 0.1) is 0 Å². The van der Waals surface area contributed by atoms with Crippen molar-refractivity contribution < 1.29 is 4.74 Å². The summed E-state index contributed by atoms with van der Waals surface area (Å²) in [4.78, 5) is 0. The summed E-state index contributed by atoms with van der Waals surface area (Å²) in [6.45, 7) is 2.70. The number of morpholine rings is 1. The van der Waals surface area contributed by atoms with Crippen LogP contribution in [-0.2, 0) is 11.2 Å². The van der Waals surface area contributed by atoms with Crippen molar-refractivity contribution in [2.24, 2.45) is 0 Å². The van der Waals surface area contributed by atoms with Crippen LogP contribution in [0.4, 0.5) is 0 Å². The minimum atomic E-state index is 0.304. The minimum Gasteiger partial charge on any atom is -0.376 e. The second-order valence-corrected chi connectivity index (χ2v) is 3.08. The lowest BCUT2D eigenvalue weighted by Gasteiger charge is -2.22. The molecule has 1 saturated heterocycles. The van der Waals surface area contributed by atoms with Crippen LogP contribution in [0.1, 0.15) is 12.2 Å². The van der Waals surface area contributed by atoms with Crippen molar-refractivity contribution >= 4 is 0 Å². The molecule has 72 valence electrons. The normalized spacial score (nSPS) is 23.2. The Kier molecular flexibility index (Phi) is 2.83. The van der Waals surface area contributed by atoms with E-state index in [2.05, 4.69) is 25.9 Å². The third-order valence-electron chi connectivity index (χ3n) is 2.10. The van der Waals surface area contributed by atoms with Crippen LogP contribution in [0.3, 0.4) is 0 Å². The van der Waals surface area contributed by atoms with Crippen molar-refractivity contribution in [1.29, 1.82) is 0 Å². The second kappa shape index (κ2) is 4.29. The van der Waals surface area contributed by atoms with Crippen LogP contribution in [0.25, 0.3) is 0 Å². The van der Waals surface area contributed by atoms with E-state index in [1.165, 1.54) is 0 Å². The molecule has 1 fully saturated rings. The van der Waals surface area contributed by atoms with Crippen molar-refractivity contribution in [1.82, 2.24) is 25.9 Å². The molecule has 0 aliphatic carbocycles. The van der Waals surface area contributed by atoms with Gasteiger partial charge >= 0.3 is 0 Å². The summed E-state index contributed by atoms with van der Waals surface area (Å²) < 4.78 is 5.53. The first-order valence-corrected chi connectivity index (χ1v) is 4.50. The van der Waals surface area contributed by atoms with Crippen LogP contribution in [0.2, 0.25) is 0 Å². The van der Waals surface area contributed by atoms with Crippen molar-refractivity contribution in [2.75, 3.05) is 19.7 Å². The van der Waals surface area contributed by atoms with Gasteiger partial charge in [0.05, 0.1) is 12.7 Å². The molecule has 0 bridgehead atoms. The number of rotatable bonds is 3. The van der Waals surface area contributed by atoms with Gasteiger partial charge < -0.3 is 10.1 Å². The van der Waals surface area contributed by atoms with Crippen LogP contribution < -0.4 is 5.32 Å². The molecule has 0 radical (unpaired) electrons. The fraction of sp³-hybridized carbons (Fsp3) is 0.857. The van der Waals surface area contributed by atoms with E-state index >= 15 is 0 Å². The summed E-state index contributed by atoms with van der Waals surface area (Å²) in [5.41, 5.74) is 0. The number of ether oxygens (including phenoxy) is 1. The number of hydrogen-bond donors (Lipinski definition) is 2. The van der Waals surface area contributed by atoms with Gasteiger partial charge in [-0.15, -0.1) is 5.10 Å². The van der Waals surface area contributed by atoms with E-state index in [1.54, 1.807) is 0 Å². The molecule has 1 atom stereocenters. The summed E-state index contributed by atoms with van der Waals surface area (Å²) in [5, 5.41) is 16.8. The predicted molar refractivity (Wildman–Crippen MR) is 45.1 cm³/mol. The monoisotopic (exact) mass is 183 g/mol. The lowest BCUT2D eigenvalue weighted by molar-refractivity contribution is 0.0235. The fourth-order valence-electron chi connectivity index (χ4n) is 1.39. The number of nitrogens with one attached hydrogen (secondary N) is 2. The van der Waals surface area contributed by atoms with Gasteiger partial charge in [-0.3, -0.25) is 0 Å². The maximum Gasteiger partial charge on any atom is 0.148 e. The van der Waals surface area contributed by atoms with Crippen molar-refractivity contribution in [3.63, 3.8) is 0 Å². The van der Waals surface area contributed by atoms with E-state index in [4.69, 9.17) is 4.74 Å². The standard InChI is InChI=1S/C7H13N5O/c1(2-7-9-11-12-10-7)6-5-8-3-4-13-6/h6,8H,1-5H2,(H,9,10,11,12)/t6-/m1/s1. The molecule has 2 heterocycles. The maximum atomic E-state index is 5.53. The Morgan fingerprint density at radius 3 is 3.23 bits per heavy atom. The van der Waals surface area contributed by atoms with Gasteiger partial charge in [-0.05, 0) is 16.8 Å². The predicted octanol–water partition coefficient (Wildman–Crippen LogP) is -0.879. The molecule has 0 aromatic carbocycles. The van der Waals surface area contributed by atoms with Crippen molar-refractivity contribution in [2.45, 2.75) is 18.9 Å².